The number of imide groups is 1. The zero-order valence-corrected chi connectivity index (χ0v) is 14.1. The lowest BCUT2D eigenvalue weighted by atomic mass is 10.0. The average Bonchev–Trinajstić information content (AvgIpc) is 3.32. The lowest BCUT2D eigenvalue weighted by Crippen LogP contribution is -3.11. The van der Waals surface area contributed by atoms with Crippen molar-refractivity contribution >= 4 is 17.8 Å². The largest absolute Gasteiger partial charge is 0.348 e. The van der Waals surface area contributed by atoms with E-state index in [1.165, 1.54) is 0 Å². The second kappa shape index (κ2) is 8.44. The van der Waals surface area contributed by atoms with Crippen molar-refractivity contribution < 1.29 is 19.3 Å². The number of carbonyl (C=O) groups is 3. The molecule has 2 atom stereocenters. The summed E-state index contributed by atoms with van der Waals surface area (Å²) in [6.45, 7) is 2.37. The van der Waals surface area contributed by atoms with Gasteiger partial charge < -0.3 is 15.5 Å². The molecule has 1 aromatic carbocycles. The van der Waals surface area contributed by atoms with Crippen LogP contribution in [0.4, 0.5) is 4.79 Å². The van der Waals surface area contributed by atoms with Gasteiger partial charge in [0, 0.05) is 18.2 Å². The molecule has 0 aromatic heterocycles. The molecule has 4 amide bonds. The maximum absolute atomic E-state index is 12.6. The highest BCUT2D eigenvalue weighted by molar-refractivity contribution is 5.96. The van der Waals surface area contributed by atoms with Gasteiger partial charge in [-0.25, -0.2) is 4.79 Å². The zero-order chi connectivity index (χ0) is 17.5. The Bertz CT molecular complexity index is 587. The van der Waals surface area contributed by atoms with Crippen LogP contribution in [0.2, 0.25) is 0 Å². The van der Waals surface area contributed by atoms with E-state index in [0.717, 1.165) is 18.4 Å². The molecule has 1 aliphatic rings. The maximum Gasteiger partial charge on any atom is 0.321 e. The number of carbonyl (C=O) groups excluding carboxylic acids is 3. The van der Waals surface area contributed by atoms with E-state index in [2.05, 4.69) is 16.0 Å². The molecule has 7 nitrogen and oxygen atoms in total. The summed E-state index contributed by atoms with van der Waals surface area (Å²) in [4.78, 5) is 37.0. The minimum Gasteiger partial charge on any atom is -0.348 e. The molecule has 2 rings (SSSR count). The molecule has 0 heterocycles. The van der Waals surface area contributed by atoms with Crippen LogP contribution in [-0.4, -0.2) is 44.0 Å². The standard InChI is InChI=1S/C17H24N4O3/c1-3-18-17(24)20-16(23)15(12-7-5-4-6-8-12)21(2)11-14(22)19-13-9-10-13/h4-8,13,15H,3,9-11H2,1-2H3,(H,19,22)(H2,18,20,23,24)/p+1/t15-/m0/s1. The summed E-state index contributed by atoms with van der Waals surface area (Å²) in [6, 6.07) is 8.28. The number of hydrogen-bond donors (Lipinski definition) is 4. The smallest absolute Gasteiger partial charge is 0.321 e. The van der Waals surface area contributed by atoms with Crippen molar-refractivity contribution in [2.45, 2.75) is 31.8 Å². The Morgan fingerprint density at radius 1 is 1.21 bits per heavy atom. The van der Waals surface area contributed by atoms with Crippen LogP contribution in [0.5, 0.6) is 0 Å². The first-order valence-electron chi connectivity index (χ1n) is 8.26. The van der Waals surface area contributed by atoms with Crippen molar-refractivity contribution in [1.29, 1.82) is 0 Å². The summed E-state index contributed by atoms with van der Waals surface area (Å²) in [5.74, 6) is -0.509. The van der Waals surface area contributed by atoms with E-state index in [0.29, 0.717) is 11.4 Å². The van der Waals surface area contributed by atoms with Gasteiger partial charge in [0.25, 0.3) is 11.8 Å². The van der Waals surface area contributed by atoms with Crippen molar-refractivity contribution in [1.82, 2.24) is 16.0 Å². The van der Waals surface area contributed by atoms with Crippen molar-refractivity contribution in [3.63, 3.8) is 0 Å². The van der Waals surface area contributed by atoms with Crippen LogP contribution in [0.15, 0.2) is 30.3 Å². The van der Waals surface area contributed by atoms with E-state index in [1.807, 2.05) is 30.3 Å². The molecule has 4 N–H and O–H groups in total. The number of hydrogen-bond acceptors (Lipinski definition) is 3. The zero-order valence-electron chi connectivity index (χ0n) is 14.1. The predicted octanol–water partition coefficient (Wildman–Crippen LogP) is -0.633. The van der Waals surface area contributed by atoms with Crippen molar-refractivity contribution in [3.05, 3.63) is 35.9 Å². The third-order valence-electron chi connectivity index (χ3n) is 3.84. The van der Waals surface area contributed by atoms with Crippen LogP contribution in [0.25, 0.3) is 0 Å². The number of nitrogens with one attached hydrogen (secondary N) is 4. The maximum atomic E-state index is 12.6. The minimum atomic E-state index is -0.640. The molecule has 1 fully saturated rings. The summed E-state index contributed by atoms with van der Waals surface area (Å²) >= 11 is 0. The van der Waals surface area contributed by atoms with Crippen LogP contribution in [0.1, 0.15) is 31.4 Å². The van der Waals surface area contributed by atoms with Gasteiger partial charge in [0.05, 0.1) is 7.05 Å². The highest BCUT2D eigenvalue weighted by Crippen LogP contribution is 2.18. The molecule has 1 aliphatic carbocycles. The molecule has 1 unspecified atom stereocenters. The Hall–Kier alpha value is -2.41. The highest BCUT2D eigenvalue weighted by Gasteiger charge is 2.32. The second-order valence-electron chi connectivity index (χ2n) is 6.06. The van der Waals surface area contributed by atoms with E-state index in [1.54, 1.807) is 14.0 Å². The van der Waals surface area contributed by atoms with E-state index >= 15 is 0 Å². The Balaban J connectivity index is 2.08. The molecule has 0 aliphatic heterocycles. The van der Waals surface area contributed by atoms with Crippen LogP contribution < -0.4 is 20.9 Å². The lowest BCUT2D eigenvalue weighted by molar-refractivity contribution is -0.894. The molecule has 0 bridgehead atoms. The van der Waals surface area contributed by atoms with E-state index in [-0.39, 0.29) is 18.5 Å². The first-order chi connectivity index (χ1) is 11.5. The quantitative estimate of drug-likeness (QED) is 0.535. The van der Waals surface area contributed by atoms with Gasteiger partial charge in [-0.2, -0.15) is 0 Å². The molecule has 0 radical (unpaired) electrons. The van der Waals surface area contributed by atoms with Crippen LogP contribution in [0.3, 0.4) is 0 Å². The third-order valence-corrected chi connectivity index (χ3v) is 3.84. The Morgan fingerprint density at radius 3 is 2.46 bits per heavy atom. The molecule has 0 spiro atoms. The molecule has 24 heavy (non-hydrogen) atoms. The van der Waals surface area contributed by atoms with Crippen LogP contribution in [-0.2, 0) is 9.59 Å². The molecular weight excluding hydrogens is 308 g/mol. The monoisotopic (exact) mass is 333 g/mol. The SMILES string of the molecule is CCNC(=O)NC(=O)[C@H](c1ccccc1)[NH+](C)CC(=O)NC1CC1. The fraction of sp³-hybridized carbons (Fsp3) is 0.471. The summed E-state index contributed by atoms with van der Waals surface area (Å²) in [5, 5.41) is 7.80. The number of amides is 4. The molecule has 7 heteroatoms. The van der Waals surface area contributed by atoms with Crippen LogP contribution >= 0.6 is 0 Å². The third kappa shape index (κ3) is 5.34. The van der Waals surface area contributed by atoms with Gasteiger partial charge in [0.1, 0.15) is 0 Å². The Kier molecular flexibility index (Phi) is 6.31. The van der Waals surface area contributed by atoms with Crippen LogP contribution in [0, 0.1) is 0 Å². The lowest BCUT2D eigenvalue weighted by Gasteiger charge is -2.24. The van der Waals surface area contributed by atoms with Gasteiger partial charge >= 0.3 is 6.03 Å². The van der Waals surface area contributed by atoms with E-state index < -0.39 is 18.0 Å². The van der Waals surface area contributed by atoms with Crippen molar-refractivity contribution in [2.75, 3.05) is 20.1 Å². The molecule has 0 saturated heterocycles. The summed E-state index contributed by atoms with van der Waals surface area (Å²) < 4.78 is 0. The van der Waals surface area contributed by atoms with Crippen molar-refractivity contribution in [2.24, 2.45) is 0 Å². The second-order valence-corrected chi connectivity index (χ2v) is 6.06. The summed E-state index contributed by atoms with van der Waals surface area (Å²) in [7, 11) is 1.78. The van der Waals surface area contributed by atoms with Gasteiger partial charge in [0.15, 0.2) is 12.6 Å². The fourth-order valence-electron chi connectivity index (χ4n) is 2.56. The van der Waals surface area contributed by atoms with Gasteiger partial charge in [-0.15, -0.1) is 0 Å². The van der Waals surface area contributed by atoms with Gasteiger partial charge in [-0.3, -0.25) is 14.9 Å². The highest BCUT2D eigenvalue weighted by atomic mass is 16.2. The summed E-state index contributed by atoms with van der Waals surface area (Å²) in [6.07, 6.45) is 2.04. The van der Waals surface area contributed by atoms with E-state index in [9.17, 15) is 14.4 Å². The average molecular weight is 333 g/mol. The normalized spacial score (nSPS) is 15.9. The predicted molar refractivity (Wildman–Crippen MR) is 89.3 cm³/mol. The number of rotatable bonds is 7. The number of likely N-dealkylation sites (N-methyl/N-ethyl adjacent to an activating group) is 1. The van der Waals surface area contributed by atoms with Crippen molar-refractivity contribution in [3.8, 4) is 0 Å². The number of quaternary nitrogens is 1. The summed E-state index contributed by atoms with van der Waals surface area (Å²) in [5.41, 5.74) is 0.760. The molecule has 1 saturated carbocycles. The Morgan fingerprint density at radius 2 is 1.88 bits per heavy atom. The molecule has 1 aromatic rings. The van der Waals surface area contributed by atoms with Gasteiger partial charge in [-0.1, -0.05) is 30.3 Å². The fourth-order valence-corrected chi connectivity index (χ4v) is 2.56. The van der Waals surface area contributed by atoms with E-state index in [4.69, 9.17) is 0 Å². The first kappa shape index (κ1) is 17.9. The minimum absolute atomic E-state index is 0.0817. The van der Waals surface area contributed by atoms with Gasteiger partial charge in [0.2, 0.25) is 0 Å². The van der Waals surface area contributed by atoms with Gasteiger partial charge in [-0.05, 0) is 19.8 Å². The number of benzene rings is 1. The topological polar surface area (TPSA) is 91.7 Å². The Labute approximate surface area is 141 Å². The first-order valence-corrected chi connectivity index (χ1v) is 8.26. The number of urea groups is 1. The molecular formula is C17H25N4O3+. The molecule has 130 valence electrons.